The molecule has 7 unspecified atom stereocenters. The monoisotopic (exact) mass is 1030 g/mol. The van der Waals surface area contributed by atoms with E-state index in [4.69, 9.17) is 9.47 Å². The van der Waals surface area contributed by atoms with Crippen LogP contribution in [0, 0.1) is 0 Å². The van der Waals surface area contributed by atoms with Gasteiger partial charge in [0.1, 0.15) is 24.4 Å². The lowest BCUT2D eigenvalue weighted by molar-refractivity contribution is -0.302. The van der Waals surface area contributed by atoms with Crippen molar-refractivity contribution < 1.29 is 39.8 Å². The minimum absolute atomic E-state index is 0.175. The number of amides is 1. The molecule has 1 fully saturated rings. The Bertz CT molecular complexity index is 1330. The largest absolute Gasteiger partial charge is 0.394 e. The summed E-state index contributed by atoms with van der Waals surface area (Å²) in [6.45, 7) is 3.70. The highest BCUT2D eigenvalue weighted by Crippen LogP contribution is 2.23. The average Bonchev–Trinajstić information content (AvgIpc) is 3.39. The molecule has 0 aromatic heterocycles. The van der Waals surface area contributed by atoms with Gasteiger partial charge in [0.25, 0.3) is 0 Å². The van der Waals surface area contributed by atoms with E-state index in [9.17, 15) is 30.3 Å². The number of aliphatic hydroxyl groups is 5. The van der Waals surface area contributed by atoms with E-state index in [-0.39, 0.29) is 12.5 Å². The molecule has 0 radical (unpaired) electrons. The number of hydrogen-bond acceptors (Lipinski definition) is 8. The quantitative estimate of drug-likeness (QED) is 0.0261. The zero-order valence-electron chi connectivity index (χ0n) is 47.4. The van der Waals surface area contributed by atoms with Crippen LogP contribution in [0.1, 0.15) is 284 Å². The molecule has 1 aliphatic rings. The summed E-state index contributed by atoms with van der Waals surface area (Å²) in [4.78, 5) is 13.1. The van der Waals surface area contributed by atoms with Gasteiger partial charge in [0.15, 0.2) is 6.29 Å². The molecular formula is C64H117NO8. The highest BCUT2D eigenvalue weighted by molar-refractivity contribution is 5.76. The van der Waals surface area contributed by atoms with Crippen molar-refractivity contribution in [3.05, 3.63) is 60.8 Å². The van der Waals surface area contributed by atoms with Crippen LogP contribution in [-0.4, -0.2) is 87.5 Å². The SMILES string of the molecule is CC/C=C\C/C=C\C/C=C\C/C=C\CCCCCCCCCCCCCCCCCCC(=O)NC(COC1OC(CO)C(O)C(O)C1O)C(O)/C=C/CCCCCCCCCCCCCCCCCCCCC. The molecule has 1 heterocycles. The number of aliphatic hydroxyl groups excluding tert-OH is 5. The average molecular weight is 1030 g/mol. The molecule has 1 rings (SSSR count). The highest BCUT2D eigenvalue weighted by Gasteiger charge is 2.44. The molecule has 0 spiro atoms. The number of unbranched alkanes of at least 4 members (excludes halogenated alkanes) is 35. The lowest BCUT2D eigenvalue weighted by Gasteiger charge is -2.40. The Labute approximate surface area is 449 Å². The summed E-state index contributed by atoms with van der Waals surface area (Å²) in [6.07, 6.45) is 65.8. The van der Waals surface area contributed by atoms with E-state index in [1.807, 2.05) is 6.08 Å². The van der Waals surface area contributed by atoms with Crippen molar-refractivity contribution in [2.45, 2.75) is 326 Å². The van der Waals surface area contributed by atoms with E-state index in [0.717, 1.165) is 64.2 Å². The maximum atomic E-state index is 13.1. The van der Waals surface area contributed by atoms with E-state index >= 15 is 0 Å². The van der Waals surface area contributed by atoms with E-state index in [2.05, 4.69) is 67.8 Å². The third-order valence-electron chi connectivity index (χ3n) is 14.6. The van der Waals surface area contributed by atoms with Crippen LogP contribution in [0.4, 0.5) is 0 Å². The molecule has 73 heavy (non-hydrogen) atoms. The Balaban J connectivity index is 2.18. The molecule has 0 aromatic rings. The van der Waals surface area contributed by atoms with E-state index in [1.54, 1.807) is 6.08 Å². The van der Waals surface area contributed by atoms with Crippen molar-refractivity contribution in [1.82, 2.24) is 5.32 Å². The smallest absolute Gasteiger partial charge is 0.220 e. The molecule has 7 atom stereocenters. The van der Waals surface area contributed by atoms with Crippen LogP contribution in [0.5, 0.6) is 0 Å². The van der Waals surface area contributed by atoms with Crippen molar-refractivity contribution in [3.8, 4) is 0 Å². The molecule has 0 aliphatic carbocycles. The summed E-state index contributed by atoms with van der Waals surface area (Å²) in [7, 11) is 0. The Morgan fingerprint density at radius 2 is 0.849 bits per heavy atom. The second-order valence-electron chi connectivity index (χ2n) is 21.5. The number of rotatable bonds is 53. The predicted octanol–water partition coefficient (Wildman–Crippen LogP) is 15.9. The highest BCUT2D eigenvalue weighted by atomic mass is 16.7. The summed E-state index contributed by atoms with van der Waals surface area (Å²) in [5.74, 6) is -0.175. The first kappa shape index (κ1) is 68.9. The van der Waals surface area contributed by atoms with Gasteiger partial charge >= 0.3 is 0 Å². The predicted molar refractivity (Wildman–Crippen MR) is 309 cm³/mol. The van der Waals surface area contributed by atoms with Gasteiger partial charge in [-0.2, -0.15) is 0 Å². The van der Waals surface area contributed by atoms with Gasteiger partial charge in [-0.25, -0.2) is 0 Å². The van der Waals surface area contributed by atoms with Crippen LogP contribution >= 0.6 is 0 Å². The fraction of sp³-hybridized carbons (Fsp3) is 0.828. The summed E-state index contributed by atoms with van der Waals surface area (Å²) in [6, 6.07) is -0.807. The Morgan fingerprint density at radius 3 is 1.26 bits per heavy atom. The van der Waals surface area contributed by atoms with Crippen LogP contribution in [0.25, 0.3) is 0 Å². The lowest BCUT2D eigenvalue weighted by atomic mass is 9.99. The Hall–Kier alpha value is -2.11. The molecule has 426 valence electrons. The maximum Gasteiger partial charge on any atom is 0.220 e. The lowest BCUT2D eigenvalue weighted by Crippen LogP contribution is -2.60. The number of hydrogen-bond donors (Lipinski definition) is 6. The van der Waals surface area contributed by atoms with Gasteiger partial charge < -0.3 is 40.3 Å². The molecule has 1 aliphatic heterocycles. The number of carbonyl (C=O) groups is 1. The van der Waals surface area contributed by atoms with E-state index in [1.165, 1.54) is 199 Å². The molecule has 1 amide bonds. The normalized spacial score (nSPS) is 19.5. The Morgan fingerprint density at radius 1 is 0.479 bits per heavy atom. The van der Waals surface area contributed by atoms with Gasteiger partial charge in [-0.1, -0.05) is 280 Å². The molecule has 9 nitrogen and oxygen atoms in total. The van der Waals surface area contributed by atoms with Crippen molar-refractivity contribution >= 4 is 5.91 Å². The first-order chi connectivity index (χ1) is 35.8. The second kappa shape index (κ2) is 53.3. The minimum atomic E-state index is -1.57. The zero-order chi connectivity index (χ0) is 52.9. The topological polar surface area (TPSA) is 149 Å². The van der Waals surface area contributed by atoms with Gasteiger partial charge in [-0.15, -0.1) is 0 Å². The first-order valence-corrected chi connectivity index (χ1v) is 31.0. The molecule has 0 saturated carbocycles. The molecule has 6 N–H and O–H groups in total. The van der Waals surface area contributed by atoms with Gasteiger partial charge in [0.05, 0.1) is 25.4 Å². The standard InChI is InChI=1S/C64H117NO8/c1-3-5-7-9-11-13-15-17-19-21-23-25-26-27-28-29-30-31-32-34-36-38-40-42-44-46-48-50-52-54-60(68)65-57(56-72-64-63(71)62(70)61(69)59(55-66)73-64)58(67)53-51-49-47-45-43-41-39-37-35-33-24-22-20-18-16-14-12-10-8-6-4-2/h5,7,11,13,17,19,23,25,51,53,57-59,61-64,66-67,69-71H,3-4,6,8-10,12,14-16,18,20-22,24,26-50,52,54-56H2,1-2H3,(H,65,68)/b7-5-,13-11-,19-17-,25-23-,53-51+. The maximum absolute atomic E-state index is 13.1. The van der Waals surface area contributed by atoms with Crippen LogP contribution in [0.15, 0.2) is 60.8 Å². The first-order valence-electron chi connectivity index (χ1n) is 31.0. The van der Waals surface area contributed by atoms with Crippen LogP contribution < -0.4 is 5.32 Å². The zero-order valence-corrected chi connectivity index (χ0v) is 47.4. The van der Waals surface area contributed by atoms with Crippen molar-refractivity contribution in [1.29, 1.82) is 0 Å². The molecule has 0 aromatic carbocycles. The van der Waals surface area contributed by atoms with Gasteiger partial charge in [-0.3, -0.25) is 4.79 Å². The van der Waals surface area contributed by atoms with Crippen LogP contribution in [-0.2, 0) is 14.3 Å². The number of allylic oxidation sites excluding steroid dienone is 9. The number of nitrogens with one attached hydrogen (secondary N) is 1. The van der Waals surface area contributed by atoms with Crippen molar-refractivity contribution in [2.75, 3.05) is 13.2 Å². The van der Waals surface area contributed by atoms with E-state index in [0.29, 0.717) is 6.42 Å². The fourth-order valence-corrected chi connectivity index (χ4v) is 9.74. The van der Waals surface area contributed by atoms with Gasteiger partial charge in [-0.05, 0) is 57.8 Å². The summed E-state index contributed by atoms with van der Waals surface area (Å²) < 4.78 is 11.3. The van der Waals surface area contributed by atoms with Crippen LogP contribution in [0.2, 0.25) is 0 Å². The number of carbonyl (C=O) groups excluding carboxylic acids is 1. The van der Waals surface area contributed by atoms with Crippen molar-refractivity contribution in [2.24, 2.45) is 0 Å². The molecule has 9 heteroatoms. The summed E-state index contributed by atoms with van der Waals surface area (Å²) in [5, 5.41) is 54.6. The van der Waals surface area contributed by atoms with Crippen LogP contribution in [0.3, 0.4) is 0 Å². The molecule has 1 saturated heterocycles. The van der Waals surface area contributed by atoms with Crippen molar-refractivity contribution in [3.63, 3.8) is 0 Å². The third-order valence-corrected chi connectivity index (χ3v) is 14.6. The minimum Gasteiger partial charge on any atom is -0.394 e. The molecule has 0 bridgehead atoms. The van der Waals surface area contributed by atoms with Gasteiger partial charge in [0.2, 0.25) is 5.91 Å². The third kappa shape index (κ3) is 42.7. The summed E-state index contributed by atoms with van der Waals surface area (Å²) >= 11 is 0. The summed E-state index contributed by atoms with van der Waals surface area (Å²) in [5.41, 5.74) is 0. The molecular weight excluding hydrogens is 911 g/mol. The Kier molecular flexibility index (Phi) is 50.3. The van der Waals surface area contributed by atoms with E-state index < -0.39 is 49.5 Å². The second-order valence-corrected chi connectivity index (χ2v) is 21.5. The van der Waals surface area contributed by atoms with Gasteiger partial charge in [0, 0.05) is 6.42 Å². The number of ether oxygens (including phenoxy) is 2. The fourth-order valence-electron chi connectivity index (χ4n) is 9.74.